The molecule has 0 saturated heterocycles. The lowest BCUT2D eigenvalue weighted by Crippen LogP contribution is -2.37. The van der Waals surface area contributed by atoms with Crippen LogP contribution in [0, 0.1) is 13.8 Å². The van der Waals surface area contributed by atoms with E-state index >= 15 is 0 Å². The molecule has 23 heavy (non-hydrogen) atoms. The fourth-order valence-electron chi connectivity index (χ4n) is 3.92. The molecule has 2 aromatic rings. The maximum Gasteiger partial charge on any atom is 0.103 e. The Morgan fingerprint density at radius 1 is 1.35 bits per heavy atom. The molecule has 0 saturated carbocycles. The van der Waals surface area contributed by atoms with Crippen LogP contribution in [0.4, 0.5) is 0 Å². The third-order valence-corrected chi connectivity index (χ3v) is 5.20. The van der Waals surface area contributed by atoms with Crippen molar-refractivity contribution in [1.82, 2.24) is 15.1 Å². The van der Waals surface area contributed by atoms with Crippen LogP contribution in [0.25, 0.3) is 0 Å². The number of aliphatic hydroxyl groups is 1. The SMILES string of the molecule is CCn1nc(C)c(C(C)NCC2(O)CCc3ccccc32)c1C. The Labute approximate surface area is 138 Å². The molecule has 0 bridgehead atoms. The largest absolute Gasteiger partial charge is 0.384 e. The predicted molar refractivity (Wildman–Crippen MR) is 92.5 cm³/mol. The van der Waals surface area contributed by atoms with E-state index in [2.05, 4.69) is 50.2 Å². The molecule has 1 aliphatic rings. The van der Waals surface area contributed by atoms with Crippen molar-refractivity contribution in [3.05, 3.63) is 52.3 Å². The van der Waals surface area contributed by atoms with Gasteiger partial charge in [-0.3, -0.25) is 4.68 Å². The minimum atomic E-state index is -0.757. The van der Waals surface area contributed by atoms with Crippen LogP contribution in [0.1, 0.15) is 54.4 Å². The average molecular weight is 313 g/mol. The third-order valence-electron chi connectivity index (χ3n) is 5.20. The van der Waals surface area contributed by atoms with E-state index < -0.39 is 5.60 Å². The lowest BCUT2D eigenvalue weighted by Gasteiger charge is -2.27. The summed E-state index contributed by atoms with van der Waals surface area (Å²) in [6.45, 7) is 9.90. The summed E-state index contributed by atoms with van der Waals surface area (Å²) in [6.07, 6.45) is 1.74. The van der Waals surface area contributed by atoms with E-state index in [4.69, 9.17) is 0 Å². The number of rotatable bonds is 5. The summed E-state index contributed by atoms with van der Waals surface area (Å²) in [5.41, 5.74) is 5.13. The molecule has 2 N–H and O–H groups in total. The molecular weight excluding hydrogens is 286 g/mol. The highest BCUT2D eigenvalue weighted by Crippen LogP contribution is 2.36. The number of fused-ring (bicyclic) bond motifs is 1. The molecule has 0 radical (unpaired) electrons. The molecule has 0 aliphatic heterocycles. The van der Waals surface area contributed by atoms with Gasteiger partial charge in [0.25, 0.3) is 0 Å². The van der Waals surface area contributed by atoms with Crippen LogP contribution in [-0.2, 0) is 18.6 Å². The lowest BCUT2D eigenvalue weighted by atomic mass is 9.95. The number of nitrogens with one attached hydrogen (secondary N) is 1. The zero-order valence-electron chi connectivity index (χ0n) is 14.6. The summed E-state index contributed by atoms with van der Waals surface area (Å²) in [4.78, 5) is 0. The van der Waals surface area contributed by atoms with E-state index in [1.165, 1.54) is 16.8 Å². The van der Waals surface area contributed by atoms with Crippen molar-refractivity contribution in [1.29, 1.82) is 0 Å². The van der Waals surface area contributed by atoms with E-state index in [0.717, 1.165) is 30.6 Å². The van der Waals surface area contributed by atoms with Crippen LogP contribution >= 0.6 is 0 Å². The molecule has 1 aromatic carbocycles. The molecule has 0 spiro atoms. The Balaban J connectivity index is 1.75. The lowest BCUT2D eigenvalue weighted by molar-refractivity contribution is 0.0363. The Kier molecular flexibility index (Phi) is 4.30. The third kappa shape index (κ3) is 2.81. The molecule has 4 heteroatoms. The van der Waals surface area contributed by atoms with Crippen LogP contribution in [0.3, 0.4) is 0 Å². The van der Waals surface area contributed by atoms with E-state index in [0.29, 0.717) is 6.54 Å². The highest BCUT2D eigenvalue weighted by atomic mass is 16.3. The molecule has 2 unspecified atom stereocenters. The number of hydrogen-bond acceptors (Lipinski definition) is 3. The zero-order chi connectivity index (χ0) is 16.6. The number of hydrogen-bond donors (Lipinski definition) is 2. The first kappa shape index (κ1) is 16.2. The van der Waals surface area contributed by atoms with Crippen molar-refractivity contribution in [2.24, 2.45) is 0 Å². The minimum absolute atomic E-state index is 0.173. The molecule has 1 heterocycles. The minimum Gasteiger partial charge on any atom is -0.384 e. The van der Waals surface area contributed by atoms with Crippen LogP contribution < -0.4 is 5.32 Å². The van der Waals surface area contributed by atoms with Gasteiger partial charge in [0, 0.05) is 30.4 Å². The Bertz CT molecular complexity index is 707. The van der Waals surface area contributed by atoms with Crippen LogP contribution in [0.15, 0.2) is 24.3 Å². The van der Waals surface area contributed by atoms with Crippen LogP contribution in [0.2, 0.25) is 0 Å². The van der Waals surface area contributed by atoms with Crippen molar-refractivity contribution in [3.63, 3.8) is 0 Å². The Hall–Kier alpha value is -1.65. The quantitative estimate of drug-likeness (QED) is 0.892. The average Bonchev–Trinajstić information content (AvgIpc) is 3.03. The summed E-state index contributed by atoms with van der Waals surface area (Å²) in [7, 11) is 0. The van der Waals surface area contributed by atoms with E-state index in [-0.39, 0.29) is 6.04 Å². The van der Waals surface area contributed by atoms with Crippen molar-refractivity contribution in [3.8, 4) is 0 Å². The number of benzene rings is 1. The van der Waals surface area contributed by atoms with Gasteiger partial charge in [-0.2, -0.15) is 5.10 Å². The molecule has 2 atom stereocenters. The molecule has 1 aromatic heterocycles. The van der Waals surface area contributed by atoms with Gasteiger partial charge in [-0.25, -0.2) is 0 Å². The Morgan fingerprint density at radius 2 is 2.09 bits per heavy atom. The van der Waals surface area contributed by atoms with Gasteiger partial charge in [0.2, 0.25) is 0 Å². The predicted octanol–water partition coefficient (Wildman–Crippen LogP) is 3.00. The first-order valence-corrected chi connectivity index (χ1v) is 8.54. The molecular formula is C19H27N3O. The maximum absolute atomic E-state index is 11.0. The first-order chi connectivity index (χ1) is 11.0. The van der Waals surface area contributed by atoms with E-state index in [1.807, 2.05) is 16.8 Å². The Morgan fingerprint density at radius 3 is 2.78 bits per heavy atom. The fourth-order valence-corrected chi connectivity index (χ4v) is 3.92. The number of aromatic nitrogens is 2. The molecule has 4 nitrogen and oxygen atoms in total. The second-order valence-corrected chi connectivity index (χ2v) is 6.69. The monoisotopic (exact) mass is 313 g/mol. The summed E-state index contributed by atoms with van der Waals surface area (Å²) >= 11 is 0. The van der Waals surface area contributed by atoms with Gasteiger partial charge in [-0.05, 0) is 51.7 Å². The topological polar surface area (TPSA) is 50.1 Å². The molecule has 0 amide bonds. The van der Waals surface area contributed by atoms with Gasteiger partial charge < -0.3 is 10.4 Å². The summed E-state index contributed by atoms with van der Waals surface area (Å²) in [5.74, 6) is 0. The van der Waals surface area contributed by atoms with Gasteiger partial charge in [0.1, 0.15) is 5.60 Å². The molecule has 0 fully saturated rings. The van der Waals surface area contributed by atoms with Crippen LogP contribution in [-0.4, -0.2) is 21.4 Å². The van der Waals surface area contributed by atoms with Gasteiger partial charge in [0.05, 0.1) is 5.69 Å². The smallest absolute Gasteiger partial charge is 0.103 e. The molecule has 124 valence electrons. The van der Waals surface area contributed by atoms with Crippen molar-refractivity contribution < 1.29 is 5.11 Å². The second-order valence-electron chi connectivity index (χ2n) is 6.69. The summed E-state index contributed by atoms with van der Waals surface area (Å²) in [6, 6.07) is 8.41. The first-order valence-electron chi connectivity index (χ1n) is 8.54. The van der Waals surface area contributed by atoms with E-state index in [9.17, 15) is 5.11 Å². The number of nitrogens with zero attached hydrogens (tertiary/aromatic N) is 2. The van der Waals surface area contributed by atoms with Gasteiger partial charge in [-0.15, -0.1) is 0 Å². The highest BCUT2D eigenvalue weighted by Gasteiger charge is 2.36. The molecule has 3 rings (SSSR count). The van der Waals surface area contributed by atoms with Gasteiger partial charge in [-0.1, -0.05) is 24.3 Å². The van der Waals surface area contributed by atoms with Gasteiger partial charge in [0.15, 0.2) is 0 Å². The number of aryl methyl sites for hydroxylation is 3. The second kappa shape index (κ2) is 6.10. The van der Waals surface area contributed by atoms with Gasteiger partial charge >= 0.3 is 0 Å². The van der Waals surface area contributed by atoms with Crippen molar-refractivity contribution >= 4 is 0 Å². The fraction of sp³-hybridized carbons (Fsp3) is 0.526. The van der Waals surface area contributed by atoms with Crippen molar-refractivity contribution in [2.75, 3.05) is 6.54 Å². The highest BCUT2D eigenvalue weighted by molar-refractivity contribution is 5.37. The van der Waals surface area contributed by atoms with Crippen molar-refractivity contribution in [2.45, 2.75) is 58.7 Å². The summed E-state index contributed by atoms with van der Waals surface area (Å²) in [5, 5.41) is 19.2. The standard InChI is InChI=1S/C19H27N3O/c1-5-22-15(4)18(14(3)21-22)13(2)20-12-19(23)11-10-16-8-6-7-9-17(16)19/h6-9,13,20,23H,5,10-12H2,1-4H3. The normalized spacial score (nSPS) is 21.4. The van der Waals surface area contributed by atoms with E-state index in [1.54, 1.807) is 0 Å². The summed E-state index contributed by atoms with van der Waals surface area (Å²) < 4.78 is 2.04. The zero-order valence-corrected chi connectivity index (χ0v) is 14.6. The van der Waals surface area contributed by atoms with Crippen LogP contribution in [0.5, 0.6) is 0 Å². The maximum atomic E-state index is 11.0. The molecule has 1 aliphatic carbocycles.